The first-order chi connectivity index (χ1) is 10.8. The number of piperazine rings is 1. The van der Waals surface area contributed by atoms with Crippen molar-refractivity contribution in [2.24, 2.45) is 0 Å². The fourth-order valence-corrected chi connectivity index (χ4v) is 3.11. The molecule has 3 aromatic rings. The Bertz CT molecular complexity index is 795. The molecule has 1 aliphatic rings. The number of rotatable bonds is 2. The molecule has 0 atom stereocenters. The van der Waals surface area contributed by atoms with Gasteiger partial charge in [-0.05, 0) is 30.3 Å². The summed E-state index contributed by atoms with van der Waals surface area (Å²) in [6.07, 6.45) is 0. The van der Waals surface area contributed by atoms with E-state index in [1.54, 1.807) is 0 Å². The topological polar surface area (TPSA) is 33.1 Å². The van der Waals surface area contributed by atoms with Gasteiger partial charge in [-0.25, -0.2) is 4.68 Å². The number of para-hydroxylation sites is 1. The van der Waals surface area contributed by atoms with Gasteiger partial charge in [0.25, 0.3) is 0 Å². The predicted octanol–water partition coefficient (Wildman–Crippen LogP) is 3.51. The maximum atomic E-state index is 6.21. The molecule has 0 spiro atoms. The van der Waals surface area contributed by atoms with Crippen molar-refractivity contribution in [1.82, 2.24) is 15.1 Å². The van der Waals surface area contributed by atoms with Gasteiger partial charge < -0.3 is 10.2 Å². The Hall–Kier alpha value is -1.75. The van der Waals surface area contributed by atoms with Crippen LogP contribution in [0.1, 0.15) is 0 Å². The Labute approximate surface area is 146 Å². The molecule has 6 heteroatoms. The summed E-state index contributed by atoms with van der Waals surface area (Å²) < 4.78 is 1.98. The van der Waals surface area contributed by atoms with Gasteiger partial charge in [0.1, 0.15) is 0 Å². The molecule has 0 saturated carbocycles. The van der Waals surface area contributed by atoms with E-state index in [0.29, 0.717) is 0 Å². The number of aromatic nitrogens is 2. The van der Waals surface area contributed by atoms with Crippen molar-refractivity contribution in [3.63, 3.8) is 0 Å². The minimum absolute atomic E-state index is 0. The summed E-state index contributed by atoms with van der Waals surface area (Å²) in [6, 6.07) is 16.2. The van der Waals surface area contributed by atoms with Crippen LogP contribution in [0.25, 0.3) is 16.6 Å². The quantitative estimate of drug-likeness (QED) is 0.769. The summed E-state index contributed by atoms with van der Waals surface area (Å²) in [5.41, 5.74) is 2.10. The van der Waals surface area contributed by atoms with Gasteiger partial charge >= 0.3 is 0 Å². The first kappa shape index (κ1) is 16.1. The molecule has 0 amide bonds. The van der Waals surface area contributed by atoms with E-state index in [4.69, 9.17) is 16.7 Å². The molecule has 120 valence electrons. The standard InChI is InChI=1S/C17H17ClN4.ClH/c18-13-6-7-15-16(12-13)22(14-4-2-1-3-5-14)20-17(15)21-10-8-19-9-11-21;/h1-7,12,19H,8-11H2;1H. The Balaban J connectivity index is 0.00000156. The second kappa shape index (κ2) is 6.79. The van der Waals surface area contributed by atoms with Gasteiger partial charge in [0.15, 0.2) is 5.82 Å². The summed E-state index contributed by atoms with van der Waals surface area (Å²) in [7, 11) is 0. The fraction of sp³-hybridized carbons (Fsp3) is 0.235. The summed E-state index contributed by atoms with van der Waals surface area (Å²) in [6.45, 7) is 3.94. The molecule has 2 aromatic carbocycles. The minimum atomic E-state index is 0. The molecule has 1 saturated heterocycles. The Morgan fingerprint density at radius 3 is 2.48 bits per heavy atom. The maximum Gasteiger partial charge on any atom is 0.159 e. The zero-order valence-corrected chi connectivity index (χ0v) is 14.1. The molecule has 4 nitrogen and oxygen atoms in total. The second-order valence-corrected chi connectivity index (χ2v) is 5.91. The third-order valence-corrected chi connectivity index (χ3v) is 4.28. The lowest BCUT2D eigenvalue weighted by Gasteiger charge is -2.27. The van der Waals surface area contributed by atoms with Crippen molar-refractivity contribution in [1.29, 1.82) is 0 Å². The van der Waals surface area contributed by atoms with Gasteiger partial charge in [0.05, 0.1) is 11.2 Å². The molecule has 4 rings (SSSR count). The Kier molecular flexibility index (Phi) is 4.76. The van der Waals surface area contributed by atoms with Crippen LogP contribution in [-0.4, -0.2) is 36.0 Å². The average Bonchev–Trinajstić information content (AvgIpc) is 2.95. The van der Waals surface area contributed by atoms with E-state index in [0.717, 1.165) is 53.6 Å². The third-order valence-electron chi connectivity index (χ3n) is 4.04. The van der Waals surface area contributed by atoms with Gasteiger partial charge in [-0.3, -0.25) is 0 Å². The van der Waals surface area contributed by atoms with E-state index in [1.165, 1.54) is 0 Å². The SMILES string of the molecule is Cl.Clc1ccc2c(N3CCNCC3)nn(-c3ccccc3)c2c1. The number of hydrogen-bond donors (Lipinski definition) is 1. The van der Waals surface area contributed by atoms with Crippen LogP contribution in [-0.2, 0) is 0 Å². The number of benzene rings is 2. The van der Waals surface area contributed by atoms with Crippen molar-refractivity contribution in [2.75, 3.05) is 31.1 Å². The fourth-order valence-electron chi connectivity index (χ4n) is 2.95. The van der Waals surface area contributed by atoms with E-state index in [1.807, 2.05) is 35.0 Å². The van der Waals surface area contributed by atoms with Crippen molar-refractivity contribution in [2.45, 2.75) is 0 Å². The second-order valence-electron chi connectivity index (χ2n) is 5.47. The third kappa shape index (κ3) is 3.02. The van der Waals surface area contributed by atoms with E-state index < -0.39 is 0 Å². The largest absolute Gasteiger partial charge is 0.352 e. The first-order valence-electron chi connectivity index (χ1n) is 7.52. The van der Waals surface area contributed by atoms with Crippen molar-refractivity contribution in [3.8, 4) is 5.69 Å². The lowest BCUT2D eigenvalue weighted by atomic mass is 10.2. The van der Waals surface area contributed by atoms with Gasteiger partial charge in [-0.2, -0.15) is 0 Å². The molecule has 1 fully saturated rings. The molecule has 1 aliphatic heterocycles. The number of fused-ring (bicyclic) bond motifs is 1. The Morgan fingerprint density at radius 1 is 1.00 bits per heavy atom. The minimum Gasteiger partial charge on any atom is -0.352 e. The van der Waals surface area contributed by atoms with Crippen LogP contribution < -0.4 is 10.2 Å². The van der Waals surface area contributed by atoms with E-state index in [2.05, 4.69) is 28.4 Å². The monoisotopic (exact) mass is 348 g/mol. The number of anilines is 1. The lowest BCUT2D eigenvalue weighted by molar-refractivity contribution is 0.584. The van der Waals surface area contributed by atoms with Crippen LogP contribution in [0, 0.1) is 0 Å². The van der Waals surface area contributed by atoms with Gasteiger partial charge in [0.2, 0.25) is 0 Å². The molecular formula is C17H18Cl2N4. The Morgan fingerprint density at radius 2 is 1.74 bits per heavy atom. The van der Waals surface area contributed by atoms with Gasteiger partial charge in [-0.15, -0.1) is 17.5 Å². The van der Waals surface area contributed by atoms with Crippen molar-refractivity contribution >= 4 is 40.7 Å². The van der Waals surface area contributed by atoms with Crippen molar-refractivity contribution in [3.05, 3.63) is 53.6 Å². The first-order valence-corrected chi connectivity index (χ1v) is 7.90. The zero-order chi connectivity index (χ0) is 14.9. The van der Waals surface area contributed by atoms with Gasteiger partial charge in [-0.1, -0.05) is 29.8 Å². The highest BCUT2D eigenvalue weighted by Gasteiger charge is 2.19. The van der Waals surface area contributed by atoms with Gasteiger partial charge in [0, 0.05) is 36.6 Å². The summed E-state index contributed by atoms with van der Waals surface area (Å²) in [5, 5.41) is 10.1. The lowest BCUT2D eigenvalue weighted by Crippen LogP contribution is -2.43. The number of nitrogens with zero attached hydrogens (tertiary/aromatic N) is 3. The van der Waals surface area contributed by atoms with Crippen molar-refractivity contribution < 1.29 is 0 Å². The molecular weight excluding hydrogens is 331 g/mol. The predicted molar refractivity (Wildman–Crippen MR) is 98.4 cm³/mol. The van der Waals surface area contributed by atoms with E-state index in [-0.39, 0.29) is 12.4 Å². The van der Waals surface area contributed by atoms with Crippen LogP contribution >= 0.6 is 24.0 Å². The maximum absolute atomic E-state index is 6.21. The van der Waals surface area contributed by atoms with Crippen LogP contribution in [0.4, 0.5) is 5.82 Å². The summed E-state index contributed by atoms with van der Waals surface area (Å²) in [5.74, 6) is 1.04. The van der Waals surface area contributed by atoms with Crippen LogP contribution in [0.3, 0.4) is 0 Å². The number of nitrogens with one attached hydrogen (secondary N) is 1. The summed E-state index contributed by atoms with van der Waals surface area (Å²) >= 11 is 6.21. The molecule has 0 aliphatic carbocycles. The molecule has 0 bridgehead atoms. The average molecular weight is 349 g/mol. The number of hydrogen-bond acceptors (Lipinski definition) is 3. The summed E-state index contributed by atoms with van der Waals surface area (Å²) in [4.78, 5) is 2.34. The van der Waals surface area contributed by atoms with Crippen LogP contribution in [0.2, 0.25) is 5.02 Å². The number of halogens is 2. The highest BCUT2D eigenvalue weighted by atomic mass is 35.5. The zero-order valence-electron chi connectivity index (χ0n) is 12.6. The smallest absolute Gasteiger partial charge is 0.159 e. The molecule has 1 N–H and O–H groups in total. The van der Waals surface area contributed by atoms with E-state index >= 15 is 0 Å². The normalized spacial score (nSPS) is 14.7. The van der Waals surface area contributed by atoms with Crippen LogP contribution in [0.5, 0.6) is 0 Å². The van der Waals surface area contributed by atoms with E-state index in [9.17, 15) is 0 Å². The highest BCUT2D eigenvalue weighted by Crippen LogP contribution is 2.30. The molecule has 1 aromatic heterocycles. The molecule has 23 heavy (non-hydrogen) atoms. The molecule has 0 unspecified atom stereocenters. The molecule has 2 heterocycles. The molecule has 0 radical (unpaired) electrons. The highest BCUT2D eigenvalue weighted by molar-refractivity contribution is 6.31. The van der Waals surface area contributed by atoms with Crippen LogP contribution in [0.15, 0.2) is 48.5 Å².